The Labute approximate surface area is 125 Å². The fourth-order valence-corrected chi connectivity index (χ4v) is 3.87. The smallest absolute Gasteiger partial charge is 0.139 e. The number of phenolic OH excluding ortho intramolecular Hbond substituents is 1. The van der Waals surface area contributed by atoms with Crippen molar-refractivity contribution in [3.8, 4) is 5.75 Å². The quantitative estimate of drug-likeness (QED) is 0.593. The molecule has 2 aliphatic rings. The lowest BCUT2D eigenvalue weighted by Crippen LogP contribution is -2.29. The minimum atomic E-state index is 0.256. The van der Waals surface area contributed by atoms with Crippen molar-refractivity contribution in [3.05, 3.63) is 71.3 Å². The maximum absolute atomic E-state index is 10.3. The molecule has 0 fully saturated rings. The van der Waals surface area contributed by atoms with Crippen LogP contribution >= 0.6 is 0 Å². The highest BCUT2D eigenvalue weighted by Gasteiger charge is 2.39. The molecule has 2 nitrogen and oxygen atoms in total. The molecule has 1 aliphatic heterocycles. The van der Waals surface area contributed by atoms with Gasteiger partial charge in [-0.25, -0.2) is 0 Å². The lowest BCUT2D eigenvalue weighted by molar-refractivity contribution is 0.414. The number of allylic oxidation sites excluding steroid dienone is 2. The third-order valence-electron chi connectivity index (χ3n) is 4.87. The van der Waals surface area contributed by atoms with Crippen LogP contribution in [0.2, 0.25) is 0 Å². The summed E-state index contributed by atoms with van der Waals surface area (Å²) in [5.74, 6) is 1.29. The number of hydrogen-bond acceptors (Lipinski definition) is 2. The third kappa shape index (κ3) is 1.86. The molecule has 3 unspecified atom stereocenters. The average molecular weight is 277 g/mol. The highest BCUT2D eigenvalue weighted by Crippen LogP contribution is 2.52. The van der Waals surface area contributed by atoms with Gasteiger partial charge in [-0.15, -0.1) is 0 Å². The lowest BCUT2D eigenvalue weighted by atomic mass is 9.75. The van der Waals surface area contributed by atoms with Crippen LogP contribution in [0.3, 0.4) is 0 Å². The van der Waals surface area contributed by atoms with Crippen molar-refractivity contribution in [1.82, 2.24) is 0 Å². The summed E-state index contributed by atoms with van der Waals surface area (Å²) in [5.41, 5.74) is 4.73. The first kappa shape index (κ1) is 12.5. The van der Waals surface area contributed by atoms with E-state index >= 15 is 0 Å². The first-order valence-corrected chi connectivity index (χ1v) is 7.56. The highest BCUT2D eigenvalue weighted by atomic mass is 16.3. The molecule has 3 atom stereocenters. The number of hydrogen-bond donors (Lipinski definition) is 2. The first-order chi connectivity index (χ1) is 10.3. The van der Waals surface area contributed by atoms with Crippen molar-refractivity contribution in [1.29, 1.82) is 0 Å². The van der Waals surface area contributed by atoms with E-state index in [-0.39, 0.29) is 6.04 Å². The zero-order valence-electron chi connectivity index (χ0n) is 12.1. The van der Waals surface area contributed by atoms with E-state index < -0.39 is 0 Å². The molecule has 0 spiro atoms. The predicted octanol–water partition coefficient (Wildman–Crippen LogP) is 4.53. The van der Waals surface area contributed by atoms with Crippen LogP contribution in [0.15, 0.2) is 54.6 Å². The summed E-state index contributed by atoms with van der Waals surface area (Å²) in [6, 6.07) is 14.6. The fourth-order valence-electron chi connectivity index (χ4n) is 3.87. The molecule has 1 heterocycles. The zero-order chi connectivity index (χ0) is 14.4. The molecular formula is C19H19NO. The van der Waals surface area contributed by atoms with Crippen molar-refractivity contribution in [2.75, 3.05) is 5.32 Å². The minimum absolute atomic E-state index is 0.256. The van der Waals surface area contributed by atoms with E-state index in [9.17, 15) is 5.11 Å². The second-order valence-corrected chi connectivity index (χ2v) is 6.08. The summed E-state index contributed by atoms with van der Waals surface area (Å²) >= 11 is 0. The van der Waals surface area contributed by atoms with Crippen molar-refractivity contribution in [2.24, 2.45) is 5.92 Å². The minimum Gasteiger partial charge on any atom is -0.506 e. The molecule has 0 radical (unpaired) electrons. The molecule has 0 amide bonds. The van der Waals surface area contributed by atoms with Crippen LogP contribution in [0.1, 0.15) is 35.1 Å². The maximum atomic E-state index is 10.3. The van der Waals surface area contributed by atoms with E-state index in [1.165, 1.54) is 16.7 Å². The summed E-state index contributed by atoms with van der Waals surface area (Å²) in [4.78, 5) is 0. The summed E-state index contributed by atoms with van der Waals surface area (Å²) in [5, 5.41) is 13.9. The van der Waals surface area contributed by atoms with Gasteiger partial charge in [0.15, 0.2) is 0 Å². The number of nitrogens with one attached hydrogen (secondary N) is 1. The van der Waals surface area contributed by atoms with Gasteiger partial charge in [0, 0.05) is 5.92 Å². The predicted molar refractivity (Wildman–Crippen MR) is 85.6 cm³/mol. The molecule has 4 rings (SSSR count). The Hall–Kier alpha value is -2.22. The van der Waals surface area contributed by atoms with E-state index in [4.69, 9.17) is 0 Å². The largest absolute Gasteiger partial charge is 0.506 e. The Bertz CT molecular complexity index is 705. The first-order valence-electron chi connectivity index (χ1n) is 7.56. The van der Waals surface area contributed by atoms with Crippen molar-refractivity contribution in [3.63, 3.8) is 0 Å². The van der Waals surface area contributed by atoms with Crippen molar-refractivity contribution < 1.29 is 5.11 Å². The van der Waals surface area contributed by atoms with Crippen LogP contribution in [0, 0.1) is 12.8 Å². The summed E-state index contributed by atoms with van der Waals surface area (Å²) in [6.45, 7) is 2.13. The van der Waals surface area contributed by atoms with Gasteiger partial charge in [0.05, 0.1) is 11.7 Å². The summed E-state index contributed by atoms with van der Waals surface area (Å²) in [6.07, 6.45) is 5.68. The van der Waals surface area contributed by atoms with Gasteiger partial charge in [0.2, 0.25) is 0 Å². The Morgan fingerprint density at radius 2 is 1.90 bits per heavy atom. The highest BCUT2D eigenvalue weighted by molar-refractivity contribution is 5.69. The molecule has 2 aromatic carbocycles. The number of aromatic hydroxyl groups is 1. The third-order valence-corrected chi connectivity index (χ3v) is 4.87. The van der Waals surface area contributed by atoms with Crippen LogP contribution in [-0.2, 0) is 0 Å². The summed E-state index contributed by atoms with van der Waals surface area (Å²) < 4.78 is 0. The Morgan fingerprint density at radius 3 is 2.71 bits per heavy atom. The molecule has 0 bridgehead atoms. The Balaban J connectivity index is 1.86. The number of fused-ring (bicyclic) bond motifs is 3. The van der Waals surface area contributed by atoms with E-state index in [1.807, 2.05) is 12.1 Å². The lowest BCUT2D eigenvalue weighted by Gasteiger charge is -2.38. The van der Waals surface area contributed by atoms with Crippen LogP contribution < -0.4 is 5.32 Å². The Kier molecular flexibility index (Phi) is 2.78. The van der Waals surface area contributed by atoms with Crippen LogP contribution in [0.25, 0.3) is 0 Å². The molecule has 2 aromatic rings. The molecule has 1 aliphatic carbocycles. The number of rotatable bonds is 1. The van der Waals surface area contributed by atoms with Gasteiger partial charge in [0.1, 0.15) is 5.75 Å². The monoisotopic (exact) mass is 277 g/mol. The van der Waals surface area contributed by atoms with E-state index in [1.54, 1.807) is 6.07 Å². The molecule has 2 N–H and O–H groups in total. The van der Waals surface area contributed by atoms with E-state index in [0.29, 0.717) is 17.6 Å². The number of phenols is 1. The molecule has 106 valence electrons. The van der Waals surface area contributed by atoms with Gasteiger partial charge in [-0.05, 0) is 42.0 Å². The second-order valence-electron chi connectivity index (χ2n) is 6.08. The zero-order valence-corrected chi connectivity index (χ0v) is 12.1. The average Bonchev–Trinajstić information content (AvgIpc) is 3.00. The number of benzene rings is 2. The SMILES string of the molecule is Cc1ccc(O)c2c1C1C=CCC1C(c1ccccc1)N2. The van der Waals surface area contributed by atoms with Crippen molar-refractivity contribution in [2.45, 2.75) is 25.3 Å². The maximum Gasteiger partial charge on any atom is 0.139 e. The van der Waals surface area contributed by atoms with Gasteiger partial charge in [0.25, 0.3) is 0 Å². The topological polar surface area (TPSA) is 32.3 Å². The standard InChI is InChI=1S/C19H19NO/c1-12-10-11-16(21)19-17(12)14-8-5-9-15(14)18(20-19)13-6-3-2-4-7-13/h2-8,10-11,14-15,18,20-21H,9H2,1H3. The number of aryl methyl sites for hydroxylation is 1. The van der Waals surface area contributed by atoms with Crippen LogP contribution in [0.5, 0.6) is 5.75 Å². The number of anilines is 1. The van der Waals surface area contributed by atoms with Gasteiger partial charge >= 0.3 is 0 Å². The van der Waals surface area contributed by atoms with Crippen molar-refractivity contribution >= 4 is 5.69 Å². The van der Waals surface area contributed by atoms with Crippen LogP contribution in [-0.4, -0.2) is 5.11 Å². The Morgan fingerprint density at radius 1 is 1.10 bits per heavy atom. The molecule has 2 heteroatoms. The normalized spacial score (nSPS) is 26.0. The van der Waals surface area contributed by atoms with Gasteiger partial charge in [-0.2, -0.15) is 0 Å². The summed E-state index contributed by atoms with van der Waals surface area (Å²) in [7, 11) is 0. The van der Waals surface area contributed by atoms with Crippen LogP contribution in [0.4, 0.5) is 5.69 Å². The molecule has 0 saturated carbocycles. The molecular weight excluding hydrogens is 258 g/mol. The van der Waals surface area contributed by atoms with Gasteiger partial charge in [-0.3, -0.25) is 0 Å². The van der Waals surface area contributed by atoms with E-state index in [0.717, 1.165) is 12.1 Å². The molecule has 0 saturated heterocycles. The van der Waals surface area contributed by atoms with E-state index in [2.05, 4.69) is 48.7 Å². The molecule has 0 aromatic heterocycles. The second kappa shape index (κ2) is 4.66. The van der Waals surface area contributed by atoms with Gasteiger partial charge in [-0.1, -0.05) is 48.6 Å². The fraction of sp³-hybridized carbons (Fsp3) is 0.263. The van der Waals surface area contributed by atoms with Gasteiger partial charge < -0.3 is 10.4 Å². The molecule has 21 heavy (non-hydrogen) atoms.